The first kappa shape index (κ1) is 11.9. The normalized spacial score (nSPS) is 24.9. The van der Waals surface area contributed by atoms with E-state index < -0.39 is 0 Å². The van der Waals surface area contributed by atoms with Crippen LogP contribution in [-0.2, 0) is 0 Å². The fourth-order valence-electron chi connectivity index (χ4n) is 3.42. The minimum atomic E-state index is 0.650. The third-order valence-electron chi connectivity index (χ3n) is 4.42. The molecule has 0 amide bonds. The number of nitrogens with zero attached hydrogens (tertiary/aromatic N) is 3. The lowest BCUT2D eigenvalue weighted by molar-refractivity contribution is 0.556. The van der Waals surface area contributed by atoms with Crippen LogP contribution in [0.15, 0.2) is 42.9 Å². The van der Waals surface area contributed by atoms with Gasteiger partial charge in [-0.25, -0.2) is 0 Å². The lowest BCUT2D eigenvalue weighted by atomic mass is 10.1. The van der Waals surface area contributed by atoms with Gasteiger partial charge in [0, 0.05) is 43.3 Å². The van der Waals surface area contributed by atoms with Crippen LogP contribution in [0.5, 0.6) is 0 Å². The molecule has 2 aromatic rings. The van der Waals surface area contributed by atoms with Gasteiger partial charge in [0.05, 0.1) is 11.4 Å². The van der Waals surface area contributed by atoms with Crippen LogP contribution in [0, 0.1) is 5.92 Å². The molecule has 2 aliphatic rings. The maximum atomic E-state index is 4.59. The van der Waals surface area contributed by atoms with Gasteiger partial charge in [0.2, 0.25) is 0 Å². The molecule has 0 aliphatic carbocycles. The Morgan fingerprint density at radius 1 is 1.15 bits per heavy atom. The SMILES string of the molecule is c1cncc(-c2ncccc2N2C[C@H]3CCN[C@H]3C2)c1. The van der Waals surface area contributed by atoms with Crippen molar-refractivity contribution in [3.8, 4) is 11.3 Å². The number of fused-ring (bicyclic) bond motifs is 1. The lowest BCUT2D eigenvalue weighted by Crippen LogP contribution is -2.30. The molecule has 4 rings (SSSR count). The highest BCUT2D eigenvalue weighted by molar-refractivity contribution is 5.74. The molecule has 2 fully saturated rings. The minimum Gasteiger partial charge on any atom is -0.368 e. The van der Waals surface area contributed by atoms with Crippen molar-refractivity contribution >= 4 is 5.69 Å². The van der Waals surface area contributed by atoms with E-state index >= 15 is 0 Å². The van der Waals surface area contributed by atoms with E-state index in [-0.39, 0.29) is 0 Å². The van der Waals surface area contributed by atoms with Crippen molar-refractivity contribution in [1.29, 1.82) is 0 Å². The predicted octanol–water partition coefficient (Wildman–Crippen LogP) is 1.94. The van der Waals surface area contributed by atoms with E-state index in [1.807, 2.05) is 24.5 Å². The Balaban J connectivity index is 1.69. The van der Waals surface area contributed by atoms with E-state index in [0.29, 0.717) is 6.04 Å². The molecule has 0 bridgehead atoms. The van der Waals surface area contributed by atoms with Crippen LogP contribution >= 0.6 is 0 Å². The van der Waals surface area contributed by atoms with Crippen LogP contribution in [0.4, 0.5) is 5.69 Å². The number of rotatable bonds is 2. The average molecular weight is 266 g/mol. The first-order chi connectivity index (χ1) is 9.92. The first-order valence-electron chi connectivity index (χ1n) is 7.25. The zero-order valence-corrected chi connectivity index (χ0v) is 11.4. The molecule has 4 heterocycles. The molecule has 20 heavy (non-hydrogen) atoms. The van der Waals surface area contributed by atoms with E-state index in [1.165, 1.54) is 18.7 Å². The largest absolute Gasteiger partial charge is 0.368 e. The molecule has 2 aromatic heterocycles. The Kier molecular flexibility index (Phi) is 2.89. The van der Waals surface area contributed by atoms with E-state index in [4.69, 9.17) is 0 Å². The third kappa shape index (κ3) is 1.96. The van der Waals surface area contributed by atoms with Crippen molar-refractivity contribution < 1.29 is 0 Å². The monoisotopic (exact) mass is 266 g/mol. The summed E-state index contributed by atoms with van der Waals surface area (Å²) in [6, 6.07) is 8.90. The Labute approximate surface area is 118 Å². The third-order valence-corrected chi connectivity index (χ3v) is 4.42. The van der Waals surface area contributed by atoms with Crippen molar-refractivity contribution in [2.24, 2.45) is 5.92 Å². The number of hydrogen-bond donors (Lipinski definition) is 1. The summed E-state index contributed by atoms with van der Waals surface area (Å²) in [5, 5.41) is 3.60. The smallest absolute Gasteiger partial charge is 0.0950 e. The molecule has 0 radical (unpaired) electrons. The van der Waals surface area contributed by atoms with Crippen LogP contribution in [0.25, 0.3) is 11.3 Å². The van der Waals surface area contributed by atoms with Gasteiger partial charge in [-0.15, -0.1) is 0 Å². The van der Waals surface area contributed by atoms with Crippen molar-refractivity contribution in [1.82, 2.24) is 15.3 Å². The Bertz CT molecular complexity index is 586. The minimum absolute atomic E-state index is 0.650. The fourth-order valence-corrected chi connectivity index (χ4v) is 3.42. The van der Waals surface area contributed by atoms with Crippen LogP contribution < -0.4 is 10.2 Å². The second-order valence-corrected chi connectivity index (χ2v) is 5.63. The summed E-state index contributed by atoms with van der Waals surface area (Å²) >= 11 is 0. The summed E-state index contributed by atoms with van der Waals surface area (Å²) in [6.45, 7) is 3.39. The maximum absolute atomic E-state index is 4.59. The maximum Gasteiger partial charge on any atom is 0.0950 e. The van der Waals surface area contributed by atoms with Gasteiger partial charge < -0.3 is 10.2 Å². The lowest BCUT2D eigenvalue weighted by Gasteiger charge is -2.22. The number of anilines is 1. The second-order valence-electron chi connectivity index (χ2n) is 5.63. The van der Waals surface area contributed by atoms with Crippen LogP contribution in [-0.4, -0.2) is 35.6 Å². The van der Waals surface area contributed by atoms with Gasteiger partial charge in [0.15, 0.2) is 0 Å². The molecule has 2 saturated heterocycles. The van der Waals surface area contributed by atoms with Gasteiger partial charge >= 0.3 is 0 Å². The summed E-state index contributed by atoms with van der Waals surface area (Å²) in [5.74, 6) is 0.789. The van der Waals surface area contributed by atoms with Crippen LogP contribution in [0.2, 0.25) is 0 Å². The van der Waals surface area contributed by atoms with Crippen LogP contribution in [0.1, 0.15) is 6.42 Å². The Morgan fingerprint density at radius 3 is 2.95 bits per heavy atom. The highest BCUT2D eigenvalue weighted by Crippen LogP contribution is 2.34. The van der Waals surface area contributed by atoms with Crippen molar-refractivity contribution in [3.63, 3.8) is 0 Å². The molecule has 2 atom stereocenters. The second kappa shape index (κ2) is 4.87. The fraction of sp³-hybridized carbons (Fsp3) is 0.375. The molecule has 1 N–H and O–H groups in total. The molecular formula is C16H18N4. The summed E-state index contributed by atoms with van der Waals surface area (Å²) < 4.78 is 0. The van der Waals surface area contributed by atoms with E-state index in [9.17, 15) is 0 Å². The summed E-state index contributed by atoms with van der Waals surface area (Å²) in [6.07, 6.45) is 6.85. The zero-order chi connectivity index (χ0) is 13.4. The molecule has 102 valence electrons. The topological polar surface area (TPSA) is 41.1 Å². The summed E-state index contributed by atoms with van der Waals surface area (Å²) in [5.41, 5.74) is 3.37. The average Bonchev–Trinajstić information content (AvgIpc) is 3.09. The summed E-state index contributed by atoms with van der Waals surface area (Å²) in [4.78, 5) is 11.3. The van der Waals surface area contributed by atoms with Crippen molar-refractivity contribution in [2.75, 3.05) is 24.5 Å². The summed E-state index contributed by atoms with van der Waals surface area (Å²) in [7, 11) is 0. The van der Waals surface area contributed by atoms with Gasteiger partial charge in [-0.05, 0) is 43.1 Å². The molecule has 0 spiro atoms. The predicted molar refractivity (Wildman–Crippen MR) is 79.6 cm³/mol. The molecular weight excluding hydrogens is 248 g/mol. The van der Waals surface area contributed by atoms with Gasteiger partial charge in [0.1, 0.15) is 0 Å². The number of nitrogens with one attached hydrogen (secondary N) is 1. The van der Waals surface area contributed by atoms with E-state index in [1.54, 1.807) is 6.20 Å². The number of pyridine rings is 2. The molecule has 0 unspecified atom stereocenters. The van der Waals surface area contributed by atoms with Gasteiger partial charge in [0.25, 0.3) is 0 Å². The standard InChI is InChI=1S/C16H18N4/c1-3-12(9-17-6-1)16-15(4-2-7-19-16)20-10-13-5-8-18-14(13)11-20/h1-4,6-7,9,13-14,18H,5,8,10-11H2/t13-,14+/m1/s1. The first-order valence-corrected chi connectivity index (χ1v) is 7.25. The van der Waals surface area contributed by atoms with Gasteiger partial charge in [-0.1, -0.05) is 0 Å². The zero-order valence-electron chi connectivity index (χ0n) is 11.4. The Hall–Kier alpha value is -1.94. The molecule has 0 aromatic carbocycles. The Morgan fingerprint density at radius 2 is 2.10 bits per heavy atom. The van der Waals surface area contributed by atoms with E-state index in [2.05, 4.69) is 32.3 Å². The van der Waals surface area contributed by atoms with Crippen molar-refractivity contribution in [3.05, 3.63) is 42.9 Å². The van der Waals surface area contributed by atoms with Gasteiger partial charge in [-0.2, -0.15) is 0 Å². The molecule has 4 nitrogen and oxygen atoms in total. The van der Waals surface area contributed by atoms with E-state index in [0.717, 1.165) is 30.3 Å². The molecule has 0 saturated carbocycles. The highest BCUT2D eigenvalue weighted by Gasteiger charge is 2.36. The van der Waals surface area contributed by atoms with Crippen molar-refractivity contribution in [2.45, 2.75) is 12.5 Å². The molecule has 4 heteroatoms. The number of aromatic nitrogens is 2. The number of hydrogen-bond acceptors (Lipinski definition) is 4. The molecule has 2 aliphatic heterocycles. The van der Waals surface area contributed by atoms with Gasteiger partial charge in [-0.3, -0.25) is 9.97 Å². The highest BCUT2D eigenvalue weighted by atomic mass is 15.2. The van der Waals surface area contributed by atoms with Crippen LogP contribution in [0.3, 0.4) is 0 Å². The quantitative estimate of drug-likeness (QED) is 0.902.